The third-order valence-corrected chi connectivity index (χ3v) is 3.20. The molecule has 0 aliphatic rings. The average molecular weight is 278 g/mol. The highest BCUT2D eigenvalue weighted by Gasteiger charge is 2.27. The van der Waals surface area contributed by atoms with Crippen molar-refractivity contribution in [1.29, 1.82) is 0 Å². The van der Waals surface area contributed by atoms with Crippen LogP contribution in [0.1, 0.15) is 66.5 Å². The van der Waals surface area contributed by atoms with Gasteiger partial charge in [-0.2, -0.15) is 0 Å². The fourth-order valence-electron chi connectivity index (χ4n) is 2.12. The van der Waals surface area contributed by atoms with E-state index in [0.717, 1.165) is 5.75 Å². The van der Waals surface area contributed by atoms with E-state index in [1.165, 1.54) is 11.1 Å². The van der Waals surface area contributed by atoms with Gasteiger partial charge in [-0.25, -0.2) is 0 Å². The highest BCUT2D eigenvalue weighted by molar-refractivity contribution is 5.48. The molecule has 0 saturated carbocycles. The molecule has 1 rings (SSSR count). The first-order valence-corrected chi connectivity index (χ1v) is 7.31. The zero-order chi connectivity index (χ0) is 15.8. The van der Waals surface area contributed by atoms with Crippen LogP contribution in [0, 0.1) is 0 Å². The molecule has 0 atom stereocenters. The third kappa shape index (κ3) is 4.52. The molecule has 1 aromatic carbocycles. The number of hydrogen-bond donors (Lipinski definition) is 1. The Morgan fingerprint density at radius 2 is 1.25 bits per heavy atom. The van der Waals surface area contributed by atoms with Crippen molar-refractivity contribution in [3.63, 3.8) is 0 Å². The predicted octanol–water partition coefficient (Wildman–Crippen LogP) is 4.43. The summed E-state index contributed by atoms with van der Waals surface area (Å²) in [6, 6.07) is 6.34. The van der Waals surface area contributed by atoms with Gasteiger partial charge in [0.15, 0.2) is 0 Å². The molecular formula is C18H30O2. The number of benzene rings is 1. The zero-order valence-electron chi connectivity index (χ0n) is 14.3. The van der Waals surface area contributed by atoms with E-state index in [9.17, 15) is 5.11 Å². The quantitative estimate of drug-likeness (QED) is 0.886. The summed E-state index contributed by atoms with van der Waals surface area (Å²) < 4.78 is 6.04. The maximum atomic E-state index is 9.94. The number of aliphatic hydroxyl groups is 1. The van der Waals surface area contributed by atoms with E-state index in [0.29, 0.717) is 6.61 Å². The Kier molecular flexibility index (Phi) is 4.60. The molecule has 0 aliphatic heterocycles. The molecule has 20 heavy (non-hydrogen) atoms. The summed E-state index contributed by atoms with van der Waals surface area (Å²) in [5, 5.41) is 9.94. The molecule has 0 bridgehead atoms. The van der Waals surface area contributed by atoms with Crippen molar-refractivity contribution < 1.29 is 9.84 Å². The minimum atomic E-state index is -0.833. The van der Waals surface area contributed by atoms with E-state index in [-0.39, 0.29) is 10.8 Å². The van der Waals surface area contributed by atoms with Crippen LogP contribution in [0.15, 0.2) is 18.2 Å². The Hall–Kier alpha value is -1.02. The monoisotopic (exact) mass is 278 g/mol. The Morgan fingerprint density at radius 3 is 1.55 bits per heavy atom. The third-order valence-electron chi connectivity index (χ3n) is 3.20. The predicted molar refractivity (Wildman–Crippen MR) is 85.6 cm³/mol. The molecule has 1 aromatic rings. The van der Waals surface area contributed by atoms with Crippen LogP contribution in [0.2, 0.25) is 0 Å². The van der Waals surface area contributed by atoms with Gasteiger partial charge in [0.25, 0.3) is 0 Å². The van der Waals surface area contributed by atoms with Gasteiger partial charge in [-0.05, 0) is 35.8 Å². The molecule has 0 aromatic heterocycles. The van der Waals surface area contributed by atoms with Crippen LogP contribution in [0.3, 0.4) is 0 Å². The van der Waals surface area contributed by atoms with Gasteiger partial charge in [-0.3, -0.25) is 0 Å². The Balaban J connectivity index is 3.34. The van der Waals surface area contributed by atoms with Gasteiger partial charge < -0.3 is 9.84 Å². The van der Waals surface area contributed by atoms with Gasteiger partial charge in [-0.15, -0.1) is 0 Å². The second-order valence-electron chi connectivity index (χ2n) is 8.28. The first kappa shape index (κ1) is 17.0. The van der Waals surface area contributed by atoms with Gasteiger partial charge in [0.05, 0.1) is 5.60 Å². The van der Waals surface area contributed by atoms with Crippen molar-refractivity contribution >= 4 is 0 Å². The lowest BCUT2D eigenvalue weighted by atomic mass is 9.79. The average Bonchev–Trinajstić information content (AvgIpc) is 2.22. The van der Waals surface area contributed by atoms with Gasteiger partial charge in [-0.1, -0.05) is 59.7 Å². The van der Waals surface area contributed by atoms with E-state index in [1.807, 2.05) is 0 Å². The van der Waals surface area contributed by atoms with Gasteiger partial charge in [0.1, 0.15) is 12.4 Å². The fraction of sp³-hybridized carbons (Fsp3) is 0.667. The molecule has 114 valence electrons. The zero-order valence-corrected chi connectivity index (χ0v) is 14.3. The maximum Gasteiger partial charge on any atom is 0.126 e. The molecular weight excluding hydrogens is 248 g/mol. The summed E-state index contributed by atoms with van der Waals surface area (Å²) in [7, 11) is 0. The normalized spacial score (nSPS) is 13.4. The number of para-hydroxylation sites is 1. The standard InChI is InChI=1S/C18H30O2/c1-16(2,3)13-10-9-11-14(17(4,5)6)15(13)20-12-18(7,8)19/h9-11,19H,12H2,1-8H3. The van der Waals surface area contributed by atoms with Gasteiger partial charge in [0, 0.05) is 0 Å². The molecule has 0 spiro atoms. The van der Waals surface area contributed by atoms with Crippen molar-refractivity contribution in [2.45, 2.75) is 71.8 Å². The fourth-order valence-corrected chi connectivity index (χ4v) is 2.12. The largest absolute Gasteiger partial charge is 0.490 e. The second-order valence-corrected chi connectivity index (χ2v) is 8.28. The molecule has 0 amide bonds. The van der Waals surface area contributed by atoms with Crippen molar-refractivity contribution in [1.82, 2.24) is 0 Å². The summed E-state index contributed by atoms with van der Waals surface area (Å²) in [6.07, 6.45) is 0. The first-order valence-electron chi connectivity index (χ1n) is 7.31. The van der Waals surface area contributed by atoms with Crippen molar-refractivity contribution in [3.8, 4) is 5.75 Å². The van der Waals surface area contributed by atoms with Crippen molar-refractivity contribution in [2.75, 3.05) is 6.61 Å². The SMILES string of the molecule is CC(C)(O)COc1c(C(C)(C)C)cccc1C(C)(C)C. The minimum absolute atomic E-state index is 0.0101. The van der Waals surface area contributed by atoms with E-state index in [4.69, 9.17) is 4.74 Å². The van der Waals surface area contributed by atoms with Gasteiger partial charge in [0.2, 0.25) is 0 Å². The molecule has 1 N–H and O–H groups in total. The van der Waals surface area contributed by atoms with E-state index < -0.39 is 5.60 Å². The number of rotatable bonds is 3. The smallest absolute Gasteiger partial charge is 0.126 e. The van der Waals surface area contributed by atoms with Gasteiger partial charge >= 0.3 is 0 Å². The van der Waals surface area contributed by atoms with Crippen LogP contribution in [0.25, 0.3) is 0 Å². The highest BCUT2D eigenvalue weighted by Crippen LogP contribution is 2.39. The highest BCUT2D eigenvalue weighted by atomic mass is 16.5. The van der Waals surface area contributed by atoms with Crippen molar-refractivity contribution in [2.24, 2.45) is 0 Å². The van der Waals surface area contributed by atoms with E-state index in [1.54, 1.807) is 13.8 Å². The molecule has 0 unspecified atom stereocenters. The molecule has 0 aliphatic carbocycles. The lowest BCUT2D eigenvalue weighted by Gasteiger charge is -2.31. The lowest BCUT2D eigenvalue weighted by molar-refractivity contribution is 0.0272. The van der Waals surface area contributed by atoms with Crippen LogP contribution in [-0.2, 0) is 10.8 Å². The molecule has 2 heteroatoms. The number of ether oxygens (including phenoxy) is 1. The number of hydrogen-bond acceptors (Lipinski definition) is 2. The Morgan fingerprint density at radius 1 is 0.850 bits per heavy atom. The van der Waals surface area contributed by atoms with Crippen molar-refractivity contribution in [3.05, 3.63) is 29.3 Å². The van der Waals surface area contributed by atoms with E-state index >= 15 is 0 Å². The summed E-state index contributed by atoms with van der Waals surface area (Å²) in [6.45, 7) is 16.9. The van der Waals surface area contributed by atoms with E-state index in [2.05, 4.69) is 59.7 Å². The van der Waals surface area contributed by atoms with Crippen LogP contribution >= 0.6 is 0 Å². The van der Waals surface area contributed by atoms with Crippen LogP contribution in [0.5, 0.6) is 5.75 Å². The summed E-state index contributed by atoms with van der Waals surface area (Å²) in [4.78, 5) is 0. The minimum Gasteiger partial charge on any atom is -0.490 e. The lowest BCUT2D eigenvalue weighted by Crippen LogP contribution is -2.30. The van der Waals surface area contributed by atoms with Crippen LogP contribution in [-0.4, -0.2) is 17.3 Å². The molecule has 0 saturated heterocycles. The van der Waals surface area contributed by atoms with Crippen LogP contribution < -0.4 is 4.74 Å². The second kappa shape index (κ2) is 5.40. The first-order chi connectivity index (χ1) is 8.82. The topological polar surface area (TPSA) is 29.5 Å². The summed E-state index contributed by atoms with van der Waals surface area (Å²) in [5.41, 5.74) is 1.57. The van der Waals surface area contributed by atoms with Crippen LogP contribution in [0.4, 0.5) is 0 Å². The maximum absolute atomic E-state index is 9.94. The molecule has 0 fully saturated rings. The summed E-state index contributed by atoms with van der Waals surface area (Å²) >= 11 is 0. The molecule has 0 heterocycles. The molecule has 0 radical (unpaired) electrons. The Bertz CT molecular complexity index is 422. The Labute approximate surface area is 124 Å². The summed E-state index contributed by atoms with van der Waals surface area (Å²) in [5.74, 6) is 0.926. The molecule has 2 nitrogen and oxygen atoms in total.